The van der Waals surface area contributed by atoms with Gasteiger partial charge in [-0.15, -0.1) is 0 Å². The summed E-state index contributed by atoms with van der Waals surface area (Å²) in [6.07, 6.45) is 0. The van der Waals surface area contributed by atoms with E-state index in [4.69, 9.17) is 4.74 Å². The van der Waals surface area contributed by atoms with E-state index in [2.05, 4.69) is 15.3 Å². The van der Waals surface area contributed by atoms with E-state index in [9.17, 15) is 4.79 Å². The minimum atomic E-state index is -0.166. The Hall–Kier alpha value is -2.95. The van der Waals surface area contributed by atoms with Crippen molar-refractivity contribution in [2.24, 2.45) is 0 Å². The maximum atomic E-state index is 11.0. The summed E-state index contributed by atoms with van der Waals surface area (Å²) >= 11 is 0. The number of hydrogen-bond donors (Lipinski definition) is 1. The minimum absolute atomic E-state index is 0.166. The first-order chi connectivity index (χ1) is 10.7. The fourth-order valence-corrected chi connectivity index (χ4v) is 2.08. The third-order valence-electron chi connectivity index (χ3n) is 3.05. The fourth-order valence-electron chi connectivity index (χ4n) is 2.08. The van der Waals surface area contributed by atoms with Crippen molar-refractivity contribution in [2.45, 2.75) is 13.5 Å². The monoisotopic (exact) mass is 293 g/mol. The summed E-state index contributed by atoms with van der Waals surface area (Å²) in [4.78, 5) is 19.8. The van der Waals surface area contributed by atoms with Crippen LogP contribution >= 0.6 is 0 Å². The van der Waals surface area contributed by atoms with Crippen molar-refractivity contribution in [2.75, 3.05) is 5.32 Å². The maximum Gasteiger partial charge on any atom is 0.222 e. The van der Waals surface area contributed by atoms with Crippen LogP contribution in [-0.4, -0.2) is 15.9 Å². The highest BCUT2D eigenvalue weighted by Gasteiger charge is 2.03. The third-order valence-corrected chi connectivity index (χ3v) is 3.05. The number of nitrogens with zero attached hydrogens (tertiary/aromatic N) is 2. The molecular formula is C17H15N3O2. The zero-order valence-corrected chi connectivity index (χ0v) is 12.1. The van der Waals surface area contributed by atoms with Crippen molar-refractivity contribution in [3.05, 3.63) is 60.3 Å². The number of ether oxygens (including phenoxy) is 1. The smallest absolute Gasteiger partial charge is 0.222 e. The molecule has 110 valence electrons. The Kier molecular flexibility index (Phi) is 3.96. The van der Waals surface area contributed by atoms with Crippen LogP contribution in [0.2, 0.25) is 0 Å². The molecule has 0 fully saturated rings. The molecule has 0 aliphatic carbocycles. The normalized spacial score (nSPS) is 10.4. The average molecular weight is 293 g/mol. The number of nitrogens with one attached hydrogen (secondary N) is 1. The number of amides is 1. The largest absolute Gasteiger partial charge is 0.471 e. The lowest BCUT2D eigenvalue weighted by atomic mass is 10.2. The SMILES string of the molecule is CC(=O)Nc1cccc(OCc2ccc3ccccc3n2)n1. The molecular weight excluding hydrogens is 278 g/mol. The summed E-state index contributed by atoms with van der Waals surface area (Å²) in [5, 5.41) is 3.72. The highest BCUT2D eigenvalue weighted by molar-refractivity contribution is 5.87. The molecule has 0 bridgehead atoms. The summed E-state index contributed by atoms with van der Waals surface area (Å²) in [7, 11) is 0. The molecule has 0 saturated heterocycles. The average Bonchev–Trinajstić information content (AvgIpc) is 2.52. The van der Waals surface area contributed by atoms with Gasteiger partial charge in [0, 0.05) is 18.4 Å². The van der Waals surface area contributed by atoms with Crippen molar-refractivity contribution < 1.29 is 9.53 Å². The van der Waals surface area contributed by atoms with Crippen molar-refractivity contribution in [1.82, 2.24) is 9.97 Å². The highest BCUT2D eigenvalue weighted by Crippen LogP contribution is 2.15. The first-order valence-corrected chi connectivity index (χ1v) is 6.93. The van der Waals surface area contributed by atoms with E-state index < -0.39 is 0 Å². The molecule has 0 spiro atoms. The van der Waals surface area contributed by atoms with Crippen molar-refractivity contribution in [1.29, 1.82) is 0 Å². The number of carbonyl (C=O) groups is 1. The van der Waals surface area contributed by atoms with Crippen LogP contribution in [0, 0.1) is 0 Å². The second-order valence-electron chi connectivity index (χ2n) is 4.83. The lowest BCUT2D eigenvalue weighted by molar-refractivity contribution is -0.114. The molecule has 1 aromatic carbocycles. The summed E-state index contributed by atoms with van der Waals surface area (Å²) in [6.45, 7) is 1.76. The molecule has 0 atom stereocenters. The van der Waals surface area contributed by atoms with E-state index in [0.717, 1.165) is 16.6 Å². The van der Waals surface area contributed by atoms with Crippen LogP contribution in [0.15, 0.2) is 54.6 Å². The number of rotatable bonds is 4. The number of fused-ring (bicyclic) bond motifs is 1. The number of aromatic nitrogens is 2. The molecule has 3 aromatic rings. The van der Waals surface area contributed by atoms with Crippen LogP contribution in [0.5, 0.6) is 5.88 Å². The summed E-state index contributed by atoms with van der Waals surface area (Å²) in [5.41, 5.74) is 1.76. The van der Waals surface area contributed by atoms with Crippen LogP contribution in [0.4, 0.5) is 5.82 Å². The highest BCUT2D eigenvalue weighted by atomic mass is 16.5. The summed E-state index contributed by atoms with van der Waals surface area (Å²) in [5.74, 6) is 0.749. The van der Waals surface area contributed by atoms with Crippen LogP contribution in [0.3, 0.4) is 0 Å². The van der Waals surface area contributed by atoms with Gasteiger partial charge in [0.05, 0.1) is 11.2 Å². The molecule has 5 nitrogen and oxygen atoms in total. The number of carbonyl (C=O) groups excluding carboxylic acids is 1. The molecule has 5 heteroatoms. The molecule has 22 heavy (non-hydrogen) atoms. The van der Waals surface area contributed by atoms with Gasteiger partial charge in [-0.05, 0) is 18.2 Å². The molecule has 2 aromatic heterocycles. The Labute approximate surface area is 128 Å². The van der Waals surface area contributed by atoms with Gasteiger partial charge < -0.3 is 10.1 Å². The molecule has 0 saturated carbocycles. The number of anilines is 1. The second kappa shape index (κ2) is 6.22. The second-order valence-corrected chi connectivity index (χ2v) is 4.83. The van der Waals surface area contributed by atoms with E-state index in [1.54, 1.807) is 18.2 Å². The first-order valence-electron chi connectivity index (χ1n) is 6.93. The zero-order valence-electron chi connectivity index (χ0n) is 12.1. The van der Waals surface area contributed by atoms with Gasteiger partial charge in [0.1, 0.15) is 12.4 Å². The Morgan fingerprint density at radius 1 is 1.05 bits per heavy atom. The van der Waals surface area contributed by atoms with Crippen LogP contribution in [-0.2, 0) is 11.4 Å². The van der Waals surface area contributed by atoms with Gasteiger partial charge >= 0.3 is 0 Å². The molecule has 1 amide bonds. The first kappa shape index (κ1) is 14.0. The summed E-state index contributed by atoms with van der Waals surface area (Å²) < 4.78 is 5.64. The standard InChI is InChI=1S/C17H15N3O2/c1-12(21)18-16-7-4-8-17(20-16)22-11-14-10-9-13-5-2-3-6-15(13)19-14/h2-10H,11H2,1H3,(H,18,20,21). The lowest BCUT2D eigenvalue weighted by Gasteiger charge is -2.07. The van der Waals surface area contributed by atoms with E-state index in [1.807, 2.05) is 36.4 Å². The number of para-hydroxylation sites is 1. The van der Waals surface area contributed by atoms with Crippen LogP contribution < -0.4 is 10.1 Å². The van der Waals surface area contributed by atoms with E-state index in [0.29, 0.717) is 18.3 Å². The van der Waals surface area contributed by atoms with Gasteiger partial charge in [0.15, 0.2) is 0 Å². The fraction of sp³-hybridized carbons (Fsp3) is 0.118. The topological polar surface area (TPSA) is 64.1 Å². The maximum absolute atomic E-state index is 11.0. The van der Waals surface area contributed by atoms with Crippen LogP contribution in [0.25, 0.3) is 10.9 Å². The van der Waals surface area contributed by atoms with E-state index in [1.165, 1.54) is 6.92 Å². The van der Waals surface area contributed by atoms with E-state index >= 15 is 0 Å². The minimum Gasteiger partial charge on any atom is -0.471 e. The van der Waals surface area contributed by atoms with Gasteiger partial charge in [-0.25, -0.2) is 4.98 Å². The Morgan fingerprint density at radius 3 is 2.77 bits per heavy atom. The number of pyridine rings is 2. The zero-order chi connectivity index (χ0) is 15.4. The van der Waals surface area contributed by atoms with Gasteiger partial charge in [-0.1, -0.05) is 30.3 Å². The predicted molar refractivity (Wildman–Crippen MR) is 84.6 cm³/mol. The molecule has 2 heterocycles. The van der Waals surface area contributed by atoms with E-state index in [-0.39, 0.29) is 5.91 Å². The summed E-state index contributed by atoms with van der Waals surface area (Å²) in [6, 6.07) is 17.1. The van der Waals surface area contributed by atoms with Gasteiger partial charge in [0.2, 0.25) is 11.8 Å². The Morgan fingerprint density at radius 2 is 1.91 bits per heavy atom. The van der Waals surface area contributed by atoms with Gasteiger partial charge in [-0.2, -0.15) is 4.98 Å². The van der Waals surface area contributed by atoms with Crippen LogP contribution in [0.1, 0.15) is 12.6 Å². The Balaban J connectivity index is 1.72. The van der Waals surface area contributed by atoms with Gasteiger partial charge in [-0.3, -0.25) is 4.79 Å². The Bertz CT molecular complexity index is 818. The lowest BCUT2D eigenvalue weighted by Crippen LogP contribution is -2.08. The number of benzene rings is 1. The van der Waals surface area contributed by atoms with Gasteiger partial charge in [0.25, 0.3) is 0 Å². The predicted octanol–water partition coefficient (Wildman–Crippen LogP) is 3.17. The molecule has 0 unspecified atom stereocenters. The quantitative estimate of drug-likeness (QED) is 0.802. The molecule has 0 aliphatic heterocycles. The van der Waals surface area contributed by atoms with Crippen molar-refractivity contribution in [3.8, 4) is 5.88 Å². The molecule has 0 aliphatic rings. The molecule has 0 radical (unpaired) electrons. The van der Waals surface area contributed by atoms with Crippen molar-refractivity contribution in [3.63, 3.8) is 0 Å². The third kappa shape index (κ3) is 3.38. The number of hydrogen-bond acceptors (Lipinski definition) is 4. The van der Waals surface area contributed by atoms with Crippen molar-refractivity contribution >= 4 is 22.6 Å². The molecule has 1 N–H and O–H groups in total. The molecule has 3 rings (SSSR count).